The molecular weight excluding hydrogens is 296 g/mol. The second-order valence-electron chi connectivity index (χ2n) is 5.77. The number of benzene rings is 4. The number of rotatable bonds is 2. The van der Waals surface area contributed by atoms with Gasteiger partial charge in [-0.05, 0) is 46.5 Å². The van der Waals surface area contributed by atoms with E-state index >= 15 is 0 Å². The van der Waals surface area contributed by atoms with Crippen LogP contribution in [0.15, 0.2) is 78.9 Å². The molecule has 0 bridgehead atoms. The van der Waals surface area contributed by atoms with Gasteiger partial charge in [0, 0.05) is 16.8 Å². The van der Waals surface area contributed by atoms with Crippen LogP contribution in [0.2, 0.25) is 0 Å². The smallest absolute Gasteiger partial charge is 0.257 e. The minimum absolute atomic E-state index is 0.200. The van der Waals surface area contributed by atoms with Crippen molar-refractivity contribution < 1.29 is 4.79 Å². The van der Waals surface area contributed by atoms with Crippen LogP contribution in [0.4, 0.5) is 11.4 Å². The fraction of sp³-hybridized carbons (Fsp3) is 0. The van der Waals surface area contributed by atoms with E-state index in [2.05, 4.69) is 29.6 Å². The van der Waals surface area contributed by atoms with Crippen LogP contribution < -0.4 is 11.1 Å². The SMILES string of the molecule is Nc1ccccc1C(=O)Nc1cccc2cc3ccccc3cc12. The predicted octanol–water partition coefficient (Wildman–Crippen LogP) is 4.83. The summed E-state index contributed by atoms with van der Waals surface area (Å²) in [5.41, 5.74) is 7.64. The molecule has 3 nitrogen and oxygen atoms in total. The van der Waals surface area contributed by atoms with Gasteiger partial charge in [0.1, 0.15) is 0 Å². The normalized spacial score (nSPS) is 10.8. The molecule has 0 unspecified atom stereocenters. The van der Waals surface area contributed by atoms with E-state index in [0.29, 0.717) is 11.3 Å². The molecular formula is C21H16N2O. The van der Waals surface area contributed by atoms with E-state index in [1.54, 1.807) is 12.1 Å². The number of nitrogens with two attached hydrogens (primary N) is 1. The highest BCUT2D eigenvalue weighted by Gasteiger charge is 2.11. The van der Waals surface area contributed by atoms with Crippen molar-refractivity contribution in [3.8, 4) is 0 Å². The monoisotopic (exact) mass is 312 g/mol. The Bertz CT molecular complexity index is 1070. The first-order valence-corrected chi connectivity index (χ1v) is 7.80. The highest BCUT2D eigenvalue weighted by atomic mass is 16.1. The molecule has 4 aromatic carbocycles. The van der Waals surface area contributed by atoms with Gasteiger partial charge >= 0.3 is 0 Å². The molecule has 4 aromatic rings. The lowest BCUT2D eigenvalue weighted by atomic mass is 10.0. The van der Waals surface area contributed by atoms with Gasteiger partial charge < -0.3 is 11.1 Å². The minimum atomic E-state index is -0.200. The van der Waals surface area contributed by atoms with E-state index in [4.69, 9.17) is 5.73 Å². The largest absolute Gasteiger partial charge is 0.398 e. The van der Waals surface area contributed by atoms with Crippen molar-refractivity contribution in [2.75, 3.05) is 11.1 Å². The third-order valence-electron chi connectivity index (χ3n) is 4.20. The van der Waals surface area contributed by atoms with Crippen LogP contribution in [-0.4, -0.2) is 5.91 Å². The maximum atomic E-state index is 12.6. The molecule has 0 saturated carbocycles. The van der Waals surface area contributed by atoms with Crippen LogP contribution >= 0.6 is 0 Å². The number of hydrogen-bond acceptors (Lipinski definition) is 2. The molecule has 0 spiro atoms. The molecule has 1 amide bonds. The maximum absolute atomic E-state index is 12.6. The Balaban J connectivity index is 1.80. The summed E-state index contributed by atoms with van der Waals surface area (Å²) in [6.07, 6.45) is 0. The van der Waals surface area contributed by atoms with Crippen LogP contribution in [0.5, 0.6) is 0 Å². The number of para-hydroxylation sites is 1. The molecule has 0 atom stereocenters. The second kappa shape index (κ2) is 5.70. The zero-order chi connectivity index (χ0) is 16.5. The van der Waals surface area contributed by atoms with Gasteiger partial charge in [-0.15, -0.1) is 0 Å². The molecule has 0 heterocycles. The van der Waals surface area contributed by atoms with E-state index < -0.39 is 0 Å². The van der Waals surface area contributed by atoms with Crippen LogP contribution in [0.3, 0.4) is 0 Å². The quantitative estimate of drug-likeness (QED) is 0.411. The van der Waals surface area contributed by atoms with Crippen molar-refractivity contribution >= 4 is 38.8 Å². The van der Waals surface area contributed by atoms with E-state index in [1.807, 2.05) is 42.5 Å². The Hall–Kier alpha value is -3.33. The molecule has 0 aliphatic rings. The number of carbonyl (C=O) groups excluding carboxylic acids is 1. The summed E-state index contributed by atoms with van der Waals surface area (Å²) >= 11 is 0. The Morgan fingerprint density at radius 1 is 0.750 bits per heavy atom. The molecule has 0 aromatic heterocycles. The first-order chi connectivity index (χ1) is 11.7. The highest BCUT2D eigenvalue weighted by molar-refractivity contribution is 6.13. The number of carbonyl (C=O) groups is 1. The van der Waals surface area contributed by atoms with E-state index in [1.165, 1.54) is 5.39 Å². The Morgan fingerprint density at radius 2 is 1.42 bits per heavy atom. The van der Waals surface area contributed by atoms with E-state index in [0.717, 1.165) is 21.8 Å². The van der Waals surface area contributed by atoms with Gasteiger partial charge in [-0.3, -0.25) is 4.79 Å². The molecule has 4 rings (SSSR count). The molecule has 0 radical (unpaired) electrons. The summed E-state index contributed by atoms with van der Waals surface area (Å²) in [4.78, 5) is 12.6. The zero-order valence-corrected chi connectivity index (χ0v) is 13.0. The Labute approximate surface area is 139 Å². The van der Waals surface area contributed by atoms with Gasteiger partial charge in [0.2, 0.25) is 0 Å². The molecule has 24 heavy (non-hydrogen) atoms. The fourth-order valence-electron chi connectivity index (χ4n) is 2.97. The fourth-order valence-corrected chi connectivity index (χ4v) is 2.97. The van der Waals surface area contributed by atoms with Gasteiger partial charge in [0.15, 0.2) is 0 Å². The van der Waals surface area contributed by atoms with Gasteiger partial charge in [-0.1, -0.05) is 48.5 Å². The molecule has 3 N–H and O–H groups in total. The average molecular weight is 312 g/mol. The van der Waals surface area contributed by atoms with E-state index in [9.17, 15) is 4.79 Å². The van der Waals surface area contributed by atoms with Gasteiger partial charge in [-0.2, -0.15) is 0 Å². The van der Waals surface area contributed by atoms with Crippen molar-refractivity contribution in [2.24, 2.45) is 0 Å². The molecule has 0 fully saturated rings. The lowest BCUT2D eigenvalue weighted by molar-refractivity contribution is 0.102. The highest BCUT2D eigenvalue weighted by Crippen LogP contribution is 2.29. The summed E-state index contributed by atoms with van der Waals surface area (Å²) < 4.78 is 0. The summed E-state index contributed by atoms with van der Waals surface area (Å²) in [6, 6.07) is 25.4. The molecule has 0 saturated heterocycles. The lowest BCUT2D eigenvalue weighted by Crippen LogP contribution is -2.14. The Kier molecular flexibility index (Phi) is 3.39. The minimum Gasteiger partial charge on any atom is -0.398 e. The number of amides is 1. The number of hydrogen-bond donors (Lipinski definition) is 2. The first kappa shape index (κ1) is 14.3. The zero-order valence-electron chi connectivity index (χ0n) is 13.0. The summed E-state index contributed by atoms with van der Waals surface area (Å²) in [5, 5.41) is 7.42. The summed E-state index contributed by atoms with van der Waals surface area (Å²) in [7, 11) is 0. The topological polar surface area (TPSA) is 55.1 Å². The van der Waals surface area contributed by atoms with Crippen LogP contribution in [0, 0.1) is 0 Å². The van der Waals surface area contributed by atoms with Crippen LogP contribution in [0.1, 0.15) is 10.4 Å². The predicted molar refractivity (Wildman–Crippen MR) is 100 cm³/mol. The second-order valence-corrected chi connectivity index (χ2v) is 5.77. The number of nitrogen functional groups attached to an aromatic ring is 1. The van der Waals surface area contributed by atoms with Crippen LogP contribution in [-0.2, 0) is 0 Å². The Morgan fingerprint density at radius 3 is 2.21 bits per heavy atom. The summed E-state index contributed by atoms with van der Waals surface area (Å²) in [5.74, 6) is -0.200. The maximum Gasteiger partial charge on any atom is 0.257 e. The molecule has 3 heteroatoms. The first-order valence-electron chi connectivity index (χ1n) is 7.80. The van der Waals surface area contributed by atoms with Crippen molar-refractivity contribution in [3.05, 3.63) is 84.4 Å². The van der Waals surface area contributed by atoms with Crippen molar-refractivity contribution in [3.63, 3.8) is 0 Å². The molecule has 116 valence electrons. The molecule has 0 aliphatic heterocycles. The summed E-state index contributed by atoms with van der Waals surface area (Å²) in [6.45, 7) is 0. The van der Waals surface area contributed by atoms with Crippen molar-refractivity contribution in [2.45, 2.75) is 0 Å². The average Bonchev–Trinajstić information content (AvgIpc) is 2.61. The van der Waals surface area contributed by atoms with Crippen LogP contribution in [0.25, 0.3) is 21.5 Å². The lowest BCUT2D eigenvalue weighted by Gasteiger charge is -2.11. The number of nitrogens with one attached hydrogen (secondary N) is 1. The number of anilines is 2. The van der Waals surface area contributed by atoms with E-state index in [-0.39, 0.29) is 5.91 Å². The molecule has 0 aliphatic carbocycles. The standard InChI is InChI=1S/C21H16N2O/c22-19-10-4-3-9-17(19)21(24)23-20-11-5-8-16-12-14-6-1-2-7-15(14)13-18(16)20/h1-13H,22H2,(H,23,24). The third-order valence-corrected chi connectivity index (χ3v) is 4.20. The number of fused-ring (bicyclic) bond motifs is 2. The van der Waals surface area contributed by atoms with Crippen molar-refractivity contribution in [1.29, 1.82) is 0 Å². The van der Waals surface area contributed by atoms with Gasteiger partial charge in [0.05, 0.1) is 5.56 Å². The van der Waals surface area contributed by atoms with Crippen molar-refractivity contribution in [1.82, 2.24) is 0 Å². The van der Waals surface area contributed by atoms with Gasteiger partial charge in [0.25, 0.3) is 5.91 Å². The van der Waals surface area contributed by atoms with Gasteiger partial charge in [-0.25, -0.2) is 0 Å². The third kappa shape index (κ3) is 2.46.